The van der Waals surface area contributed by atoms with Gasteiger partial charge in [-0.25, -0.2) is 8.42 Å². The van der Waals surface area contributed by atoms with Crippen LogP contribution in [0, 0.1) is 0 Å². The lowest BCUT2D eigenvalue weighted by atomic mass is 10.0. The maximum atomic E-state index is 12.1. The van der Waals surface area contributed by atoms with Gasteiger partial charge in [-0.15, -0.1) is 0 Å². The number of piperidine rings is 1. The van der Waals surface area contributed by atoms with E-state index in [1.165, 1.54) is 4.31 Å². The number of sulfonamides is 1. The van der Waals surface area contributed by atoms with Crippen LogP contribution in [-0.2, 0) is 19.6 Å². The molecule has 1 unspecified atom stereocenters. The van der Waals surface area contributed by atoms with Crippen molar-refractivity contribution in [3.63, 3.8) is 0 Å². The minimum absolute atomic E-state index is 0.00963. The largest absolute Gasteiger partial charge is 0.480 e. The number of carboxylic acids is 1. The molecule has 0 saturated carbocycles. The molecule has 19 heavy (non-hydrogen) atoms. The highest BCUT2D eigenvalue weighted by molar-refractivity contribution is 7.89. The van der Waals surface area contributed by atoms with Gasteiger partial charge >= 0.3 is 5.97 Å². The standard InChI is InChI=1S/C11H20N2O5S/c1-2-7-19(17,18)13-6-4-3-5-9(13)11(16)12-8-10(14)15/h9H,2-8H2,1H3,(H,12,16)(H,14,15). The number of amides is 1. The summed E-state index contributed by atoms with van der Waals surface area (Å²) in [4.78, 5) is 22.3. The summed E-state index contributed by atoms with van der Waals surface area (Å²) >= 11 is 0. The van der Waals surface area contributed by atoms with E-state index in [-0.39, 0.29) is 5.75 Å². The summed E-state index contributed by atoms with van der Waals surface area (Å²) in [5.74, 6) is -1.66. The van der Waals surface area contributed by atoms with E-state index in [0.29, 0.717) is 19.4 Å². The van der Waals surface area contributed by atoms with Crippen LogP contribution in [0.15, 0.2) is 0 Å². The van der Waals surface area contributed by atoms with Gasteiger partial charge in [0.25, 0.3) is 0 Å². The van der Waals surface area contributed by atoms with Crippen molar-refractivity contribution < 1.29 is 23.1 Å². The van der Waals surface area contributed by atoms with Gasteiger partial charge in [0.15, 0.2) is 0 Å². The summed E-state index contributed by atoms with van der Waals surface area (Å²) in [6, 6.07) is -0.773. The third-order valence-electron chi connectivity index (χ3n) is 2.99. The summed E-state index contributed by atoms with van der Waals surface area (Å²) in [6.45, 7) is 1.60. The molecule has 1 atom stereocenters. The van der Waals surface area contributed by atoms with E-state index in [9.17, 15) is 18.0 Å². The number of carbonyl (C=O) groups is 2. The topological polar surface area (TPSA) is 104 Å². The first-order valence-electron chi connectivity index (χ1n) is 6.37. The van der Waals surface area contributed by atoms with Gasteiger partial charge in [-0.05, 0) is 19.3 Å². The predicted molar refractivity (Wildman–Crippen MR) is 69.1 cm³/mol. The Balaban J connectivity index is 2.77. The number of hydrogen-bond acceptors (Lipinski definition) is 4. The maximum absolute atomic E-state index is 12.1. The summed E-state index contributed by atoms with van der Waals surface area (Å²) < 4.78 is 25.4. The van der Waals surface area contributed by atoms with Crippen LogP contribution in [0.5, 0.6) is 0 Å². The quantitative estimate of drug-likeness (QED) is 0.704. The second kappa shape index (κ2) is 6.85. The lowest BCUT2D eigenvalue weighted by molar-refractivity contribution is -0.138. The zero-order chi connectivity index (χ0) is 14.5. The minimum atomic E-state index is -3.44. The van der Waals surface area contributed by atoms with Crippen LogP contribution in [0.4, 0.5) is 0 Å². The Labute approximate surface area is 113 Å². The second-order valence-corrected chi connectivity index (χ2v) is 6.59. The van der Waals surface area contributed by atoms with Crippen molar-refractivity contribution >= 4 is 21.9 Å². The molecule has 1 aliphatic heterocycles. The summed E-state index contributed by atoms with van der Waals surface area (Å²) in [5.41, 5.74) is 0. The third kappa shape index (κ3) is 4.46. The van der Waals surface area contributed by atoms with Gasteiger partial charge in [-0.1, -0.05) is 13.3 Å². The van der Waals surface area contributed by atoms with Crippen molar-refractivity contribution in [1.82, 2.24) is 9.62 Å². The van der Waals surface area contributed by atoms with Crippen molar-refractivity contribution in [2.75, 3.05) is 18.8 Å². The average molecular weight is 292 g/mol. The summed E-state index contributed by atoms with van der Waals surface area (Å²) in [5, 5.41) is 10.8. The van der Waals surface area contributed by atoms with E-state index in [1.54, 1.807) is 6.92 Å². The number of carbonyl (C=O) groups excluding carboxylic acids is 1. The fourth-order valence-electron chi connectivity index (χ4n) is 2.16. The number of nitrogens with zero attached hydrogens (tertiary/aromatic N) is 1. The van der Waals surface area contributed by atoms with Crippen molar-refractivity contribution in [1.29, 1.82) is 0 Å². The van der Waals surface area contributed by atoms with Gasteiger partial charge < -0.3 is 10.4 Å². The van der Waals surface area contributed by atoms with Gasteiger partial charge in [-0.3, -0.25) is 9.59 Å². The highest BCUT2D eigenvalue weighted by Crippen LogP contribution is 2.21. The number of carboxylic acid groups (broad SMARTS) is 1. The SMILES string of the molecule is CCCS(=O)(=O)N1CCCCC1C(=O)NCC(=O)O. The molecule has 1 saturated heterocycles. The molecule has 1 rings (SSSR count). The molecule has 1 aliphatic rings. The van der Waals surface area contributed by atoms with Crippen LogP contribution in [0.25, 0.3) is 0 Å². The van der Waals surface area contributed by atoms with Crippen LogP contribution in [0.3, 0.4) is 0 Å². The molecule has 1 heterocycles. The van der Waals surface area contributed by atoms with Gasteiger partial charge in [0.05, 0.1) is 5.75 Å². The first-order chi connectivity index (χ1) is 8.88. The van der Waals surface area contributed by atoms with E-state index in [0.717, 1.165) is 12.8 Å². The molecule has 0 spiro atoms. The number of rotatable bonds is 6. The molecular weight excluding hydrogens is 272 g/mol. The van der Waals surface area contributed by atoms with Crippen LogP contribution in [0.1, 0.15) is 32.6 Å². The van der Waals surface area contributed by atoms with Gasteiger partial charge in [-0.2, -0.15) is 4.31 Å². The van der Waals surface area contributed by atoms with Crippen molar-refractivity contribution in [3.8, 4) is 0 Å². The smallest absolute Gasteiger partial charge is 0.322 e. The molecule has 110 valence electrons. The molecule has 2 N–H and O–H groups in total. The molecule has 0 aliphatic carbocycles. The van der Waals surface area contributed by atoms with Crippen molar-refractivity contribution in [2.45, 2.75) is 38.6 Å². The third-order valence-corrected chi connectivity index (χ3v) is 5.07. The Morgan fingerprint density at radius 2 is 2.05 bits per heavy atom. The number of hydrogen-bond donors (Lipinski definition) is 2. The van der Waals surface area contributed by atoms with Crippen molar-refractivity contribution in [2.24, 2.45) is 0 Å². The van der Waals surface area contributed by atoms with Gasteiger partial charge in [0.2, 0.25) is 15.9 Å². The average Bonchev–Trinajstić information content (AvgIpc) is 2.36. The Morgan fingerprint density at radius 1 is 1.37 bits per heavy atom. The molecular formula is C11H20N2O5S. The number of nitrogens with one attached hydrogen (secondary N) is 1. The van der Waals surface area contributed by atoms with E-state index in [4.69, 9.17) is 5.11 Å². The highest BCUT2D eigenvalue weighted by Gasteiger charge is 2.36. The monoisotopic (exact) mass is 292 g/mol. The molecule has 7 nitrogen and oxygen atoms in total. The summed E-state index contributed by atoms with van der Waals surface area (Å²) in [6.07, 6.45) is 2.42. The zero-order valence-electron chi connectivity index (χ0n) is 11.0. The first kappa shape index (κ1) is 15.9. The predicted octanol–water partition coefficient (Wildman–Crippen LogP) is -0.218. The number of aliphatic carboxylic acids is 1. The molecule has 0 radical (unpaired) electrons. The van der Waals surface area contributed by atoms with E-state index in [1.807, 2.05) is 0 Å². The first-order valence-corrected chi connectivity index (χ1v) is 7.98. The zero-order valence-corrected chi connectivity index (χ0v) is 11.8. The van der Waals surface area contributed by atoms with Crippen LogP contribution in [-0.4, -0.2) is 54.6 Å². The summed E-state index contributed by atoms with van der Waals surface area (Å²) in [7, 11) is -3.44. The molecule has 1 fully saturated rings. The Hall–Kier alpha value is -1.15. The molecule has 8 heteroatoms. The minimum Gasteiger partial charge on any atom is -0.480 e. The van der Waals surface area contributed by atoms with E-state index < -0.39 is 34.5 Å². The molecule has 0 bridgehead atoms. The Kier molecular flexibility index (Phi) is 5.74. The van der Waals surface area contributed by atoms with Crippen LogP contribution >= 0.6 is 0 Å². The van der Waals surface area contributed by atoms with E-state index >= 15 is 0 Å². The van der Waals surface area contributed by atoms with E-state index in [2.05, 4.69) is 5.32 Å². The molecule has 1 amide bonds. The second-order valence-electron chi connectivity index (χ2n) is 4.55. The molecule has 0 aromatic rings. The van der Waals surface area contributed by atoms with Crippen molar-refractivity contribution in [3.05, 3.63) is 0 Å². The van der Waals surface area contributed by atoms with Gasteiger partial charge in [0.1, 0.15) is 12.6 Å². The highest BCUT2D eigenvalue weighted by atomic mass is 32.2. The lowest BCUT2D eigenvalue weighted by Crippen LogP contribution is -2.53. The Bertz CT molecular complexity index is 434. The Morgan fingerprint density at radius 3 is 2.63 bits per heavy atom. The maximum Gasteiger partial charge on any atom is 0.322 e. The molecule has 0 aromatic carbocycles. The van der Waals surface area contributed by atoms with Crippen LogP contribution in [0.2, 0.25) is 0 Å². The fraction of sp³-hybridized carbons (Fsp3) is 0.818. The van der Waals surface area contributed by atoms with Crippen LogP contribution < -0.4 is 5.32 Å². The fourth-order valence-corrected chi connectivity index (χ4v) is 3.90. The molecule has 0 aromatic heterocycles. The van der Waals surface area contributed by atoms with Gasteiger partial charge in [0, 0.05) is 6.54 Å². The normalized spacial score (nSPS) is 21.0. The lowest BCUT2D eigenvalue weighted by Gasteiger charge is -2.33.